The van der Waals surface area contributed by atoms with Crippen molar-refractivity contribution < 1.29 is 9.59 Å². The van der Waals surface area contributed by atoms with Crippen LogP contribution in [0.25, 0.3) is 5.69 Å². The molecule has 6 heteroatoms. The second-order valence-corrected chi connectivity index (χ2v) is 6.85. The van der Waals surface area contributed by atoms with Crippen molar-refractivity contribution >= 4 is 11.6 Å². The topological polar surface area (TPSA) is 77.7 Å². The van der Waals surface area contributed by atoms with E-state index >= 15 is 0 Å². The Morgan fingerprint density at radius 2 is 1.74 bits per heavy atom. The summed E-state index contributed by atoms with van der Waals surface area (Å²) in [6.07, 6.45) is 8.38. The number of ketones is 2. The Kier molecular flexibility index (Phi) is 5.86. The molecule has 0 radical (unpaired) electrons. The molecule has 0 aliphatic heterocycles. The summed E-state index contributed by atoms with van der Waals surface area (Å²) in [4.78, 5) is 32.9. The van der Waals surface area contributed by atoms with E-state index in [9.17, 15) is 9.59 Å². The summed E-state index contributed by atoms with van der Waals surface area (Å²) >= 11 is 0. The molecule has 0 unspecified atom stereocenters. The first-order valence-corrected chi connectivity index (χ1v) is 9.00. The van der Waals surface area contributed by atoms with Crippen LogP contribution in [0, 0.1) is 5.92 Å². The summed E-state index contributed by atoms with van der Waals surface area (Å²) in [6.45, 7) is 3.97. The SMILES string of the molecule is CC(C)CC(=O)c1cccc(C(=O)CCc2cnn(-c3ccncc3)c2)n1. The molecule has 138 valence electrons. The van der Waals surface area contributed by atoms with E-state index in [1.807, 2.05) is 32.2 Å². The number of Topliss-reactive ketones (excluding diaryl/α,β-unsaturated/α-hetero) is 2. The molecule has 0 fully saturated rings. The van der Waals surface area contributed by atoms with Crippen LogP contribution < -0.4 is 0 Å². The van der Waals surface area contributed by atoms with Gasteiger partial charge in [0.15, 0.2) is 11.6 Å². The second-order valence-electron chi connectivity index (χ2n) is 6.85. The van der Waals surface area contributed by atoms with Crippen molar-refractivity contribution in [3.63, 3.8) is 0 Å². The van der Waals surface area contributed by atoms with Gasteiger partial charge in [-0.2, -0.15) is 5.10 Å². The van der Waals surface area contributed by atoms with Gasteiger partial charge in [0.05, 0.1) is 11.9 Å². The highest BCUT2D eigenvalue weighted by Crippen LogP contribution is 2.12. The highest BCUT2D eigenvalue weighted by Gasteiger charge is 2.14. The van der Waals surface area contributed by atoms with Crippen LogP contribution >= 0.6 is 0 Å². The molecule has 0 bridgehead atoms. The maximum atomic E-state index is 12.5. The van der Waals surface area contributed by atoms with Crippen molar-refractivity contribution in [2.45, 2.75) is 33.1 Å². The van der Waals surface area contributed by atoms with E-state index < -0.39 is 0 Å². The van der Waals surface area contributed by atoms with E-state index in [1.165, 1.54) is 0 Å². The van der Waals surface area contributed by atoms with Gasteiger partial charge in [-0.1, -0.05) is 19.9 Å². The van der Waals surface area contributed by atoms with E-state index in [4.69, 9.17) is 0 Å². The van der Waals surface area contributed by atoms with E-state index in [1.54, 1.807) is 41.5 Å². The van der Waals surface area contributed by atoms with Crippen molar-refractivity contribution in [3.05, 3.63) is 72.1 Å². The van der Waals surface area contributed by atoms with Crippen molar-refractivity contribution in [2.24, 2.45) is 5.92 Å². The standard InChI is InChI=1S/C21H22N4O2/c1-15(2)12-21(27)19-5-3-4-18(24-19)20(26)7-6-16-13-23-25(14-16)17-8-10-22-11-9-17/h3-5,8-11,13-15H,6-7,12H2,1-2H3. The normalized spacial score (nSPS) is 10.9. The molecule has 0 aromatic carbocycles. The van der Waals surface area contributed by atoms with Crippen LogP contribution in [0.5, 0.6) is 0 Å². The first-order valence-electron chi connectivity index (χ1n) is 9.00. The van der Waals surface area contributed by atoms with E-state index in [-0.39, 0.29) is 17.5 Å². The average molecular weight is 362 g/mol. The lowest BCUT2D eigenvalue weighted by Gasteiger charge is -2.05. The van der Waals surface area contributed by atoms with Gasteiger partial charge >= 0.3 is 0 Å². The summed E-state index contributed by atoms with van der Waals surface area (Å²) in [5.41, 5.74) is 2.58. The third-order valence-corrected chi connectivity index (χ3v) is 4.12. The lowest BCUT2D eigenvalue weighted by atomic mass is 10.0. The fraction of sp³-hybridized carbons (Fsp3) is 0.286. The second kappa shape index (κ2) is 8.49. The fourth-order valence-corrected chi connectivity index (χ4v) is 2.73. The minimum absolute atomic E-state index is 0.0294. The largest absolute Gasteiger partial charge is 0.292 e. The molecular formula is C21H22N4O2. The Morgan fingerprint density at radius 1 is 1.04 bits per heavy atom. The molecule has 6 nitrogen and oxygen atoms in total. The smallest absolute Gasteiger partial charge is 0.181 e. The molecule has 3 aromatic heterocycles. The molecule has 0 saturated heterocycles. The predicted molar refractivity (Wildman–Crippen MR) is 102 cm³/mol. The molecule has 0 saturated carbocycles. The average Bonchev–Trinajstić information content (AvgIpc) is 3.15. The first-order chi connectivity index (χ1) is 13.0. The summed E-state index contributed by atoms with van der Waals surface area (Å²) < 4.78 is 1.75. The molecule has 3 rings (SSSR count). The van der Waals surface area contributed by atoms with Crippen molar-refractivity contribution in [3.8, 4) is 5.69 Å². The third-order valence-electron chi connectivity index (χ3n) is 4.12. The van der Waals surface area contributed by atoms with Crippen LogP contribution in [0.15, 0.2) is 55.1 Å². The van der Waals surface area contributed by atoms with Crippen LogP contribution in [0.4, 0.5) is 0 Å². The van der Waals surface area contributed by atoms with Crippen LogP contribution in [0.2, 0.25) is 0 Å². The van der Waals surface area contributed by atoms with Gasteiger partial charge in [-0.25, -0.2) is 9.67 Å². The fourth-order valence-electron chi connectivity index (χ4n) is 2.73. The molecule has 0 atom stereocenters. The lowest BCUT2D eigenvalue weighted by molar-refractivity contribution is 0.0962. The number of rotatable bonds is 8. The molecule has 0 amide bonds. The Labute approximate surface area is 158 Å². The van der Waals surface area contributed by atoms with E-state index in [2.05, 4.69) is 15.1 Å². The summed E-state index contributed by atoms with van der Waals surface area (Å²) in [7, 11) is 0. The number of pyridine rings is 2. The maximum absolute atomic E-state index is 12.5. The van der Waals surface area contributed by atoms with Crippen molar-refractivity contribution in [2.75, 3.05) is 0 Å². The molecule has 0 spiro atoms. The molecule has 0 aliphatic carbocycles. The van der Waals surface area contributed by atoms with Gasteiger partial charge in [0.2, 0.25) is 0 Å². The highest BCUT2D eigenvalue weighted by atomic mass is 16.1. The van der Waals surface area contributed by atoms with Crippen LogP contribution in [0.3, 0.4) is 0 Å². The number of aryl methyl sites for hydroxylation is 1. The number of hydrogen-bond donors (Lipinski definition) is 0. The number of carbonyl (C=O) groups excluding carboxylic acids is 2. The zero-order chi connectivity index (χ0) is 19.2. The molecule has 3 aromatic rings. The van der Waals surface area contributed by atoms with Gasteiger partial charge < -0.3 is 0 Å². The van der Waals surface area contributed by atoms with Gasteiger partial charge in [-0.3, -0.25) is 14.6 Å². The Bertz CT molecular complexity index is 932. The van der Waals surface area contributed by atoms with Crippen LogP contribution in [-0.2, 0) is 6.42 Å². The van der Waals surface area contributed by atoms with E-state index in [0.717, 1.165) is 11.3 Å². The van der Waals surface area contributed by atoms with Crippen LogP contribution in [-0.4, -0.2) is 31.3 Å². The Balaban J connectivity index is 1.63. The molecule has 3 heterocycles. The molecule has 0 aliphatic rings. The number of hydrogen-bond acceptors (Lipinski definition) is 5. The molecule has 0 N–H and O–H groups in total. The monoisotopic (exact) mass is 362 g/mol. The summed E-state index contributed by atoms with van der Waals surface area (Å²) in [6, 6.07) is 8.78. The number of carbonyl (C=O) groups is 2. The third kappa shape index (κ3) is 4.94. The zero-order valence-corrected chi connectivity index (χ0v) is 15.5. The quantitative estimate of drug-likeness (QED) is 0.571. The van der Waals surface area contributed by atoms with Gasteiger partial charge in [-0.05, 0) is 42.2 Å². The zero-order valence-electron chi connectivity index (χ0n) is 15.5. The Morgan fingerprint density at radius 3 is 2.44 bits per heavy atom. The number of aromatic nitrogens is 4. The lowest BCUT2D eigenvalue weighted by Crippen LogP contribution is -2.10. The molecular weight excluding hydrogens is 340 g/mol. The van der Waals surface area contributed by atoms with Crippen molar-refractivity contribution in [1.29, 1.82) is 0 Å². The maximum Gasteiger partial charge on any atom is 0.181 e. The summed E-state index contributed by atoms with van der Waals surface area (Å²) in [5.74, 6) is 0.153. The number of nitrogens with zero attached hydrogens (tertiary/aromatic N) is 4. The van der Waals surface area contributed by atoms with Crippen LogP contribution in [0.1, 0.15) is 53.2 Å². The highest BCUT2D eigenvalue weighted by molar-refractivity contribution is 5.98. The minimum Gasteiger partial charge on any atom is -0.292 e. The van der Waals surface area contributed by atoms with Gasteiger partial charge in [-0.15, -0.1) is 0 Å². The molecule has 27 heavy (non-hydrogen) atoms. The Hall–Kier alpha value is -3.15. The van der Waals surface area contributed by atoms with Gasteiger partial charge in [0.1, 0.15) is 11.4 Å². The summed E-state index contributed by atoms with van der Waals surface area (Å²) in [5, 5.41) is 4.32. The minimum atomic E-state index is -0.0779. The van der Waals surface area contributed by atoms with Crippen molar-refractivity contribution in [1.82, 2.24) is 19.7 Å². The van der Waals surface area contributed by atoms with Gasteiger partial charge in [0.25, 0.3) is 0 Å². The predicted octanol–water partition coefficient (Wildman–Crippen LogP) is 3.71. The first kappa shape index (κ1) is 18.6. The van der Waals surface area contributed by atoms with Gasteiger partial charge in [0, 0.05) is 31.4 Å². The van der Waals surface area contributed by atoms with E-state index in [0.29, 0.717) is 30.7 Å².